The number of anilines is 1. The molecule has 0 heterocycles. The van der Waals surface area contributed by atoms with Gasteiger partial charge < -0.3 is 0 Å². The molecule has 3 rings (SSSR count). The molecule has 132 valence electrons. The summed E-state index contributed by atoms with van der Waals surface area (Å²) in [7, 11) is -3.76. The van der Waals surface area contributed by atoms with Crippen LogP contribution in [0.5, 0.6) is 0 Å². The molecule has 0 aliphatic carbocycles. The van der Waals surface area contributed by atoms with Gasteiger partial charge >= 0.3 is 0 Å². The number of nitrogens with zero attached hydrogens (tertiary/aromatic N) is 1. The molecule has 0 unspecified atom stereocenters. The summed E-state index contributed by atoms with van der Waals surface area (Å²) in [5, 5.41) is 0.613. The Bertz CT molecular complexity index is 1030. The summed E-state index contributed by atoms with van der Waals surface area (Å²) < 4.78 is 40.0. The summed E-state index contributed by atoms with van der Waals surface area (Å²) in [5.41, 5.74) is 1.73. The van der Waals surface area contributed by atoms with Crippen molar-refractivity contribution in [3.8, 4) is 0 Å². The van der Waals surface area contributed by atoms with Crippen LogP contribution in [0, 0.1) is 5.82 Å². The highest BCUT2D eigenvalue weighted by Gasteiger charge is 2.13. The summed E-state index contributed by atoms with van der Waals surface area (Å²) in [6.07, 6.45) is 1.64. The maximum Gasteiger partial charge on any atom is 0.261 e. The van der Waals surface area contributed by atoms with E-state index in [1.165, 1.54) is 36.4 Å². The summed E-state index contributed by atoms with van der Waals surface area (Å²) in [6, 6.07) is 18.4. The molecule has 0 atom stereocenters. The van der Waals surface area contributed by atoms with E-state index in [9.17, 15) is 12.8 Å². The van der Waals surface area contributed by atoms with Gasteiger partial charge in [0.15, 0.2) is 0 Å². The van der Waals surface area contributed by atoms with E-state index < -0.39 is 15.8 Å². The third-order valence-corrected chi connectivity index (χ3v) is 5.09. The second-order valence-corrected chi connectivity index (χ2v) is 7.54. The fraction of sp³-hybridized carbons (Fsp3) is 0. The van der Waals surface area contributed by atoms with Crippen LogP contribution < -0.4 is 4.72 Å². The highest BCUT2D eigenvalue weighted by atomic mass is 35.5. The Kier molecular flexibility index (Phi) is 5.35. The standard InChI is InChI=1S/C19H14ClFN2O2S/c20-15-3-1-2-14(12-15)13-22-17-8-10-19(11-9-17)26(24,25)23-18-6-4-16(21)5-7-18/h1-13,23H. The number of sulfonamides is 1. The van der Waals surface area contributed by atoms with Gasteiger partial charge in [-0.1, -0.05) is 23.7 Å². The van der Waals surface area contributed by atoms with E-state index in [0.29, 0.717) is 10.7 Å². The largest absolute Gasteiger partial charge is 0.280 e. The van der Waals surface area contributed by atoms with Crippen LogP contribution in [-0.4, -0.2) is 14.6 Å². The number of aliphatic imine (C=N–C) groups is 1. The number of halogens is 2. The van der Waals surface area contributed by atoms with Crippen LogP contribution in [0.25, 0.3) is 0 Å². The lowest BCUT2D eigenvalue weighted by Gasteiger charge is -2.08. The molecule has 4 nitrogen and oxygen atoms in total. The molecule has 0 fully saturated rings. The van der Waals surface area contributed by atoms with Crippen molar-refractivity contribution in [2.24, 2.45) is 4.99 Å². The monoisotopic (exact) mass is 388 g/mol. The number of rotatable bonds is 5. The molecule has 26 heavy (non-hydrogen) atoms. The van der Waals surface area contributed by atoms with E-state index in [2.05, 4.69) is 9.71 Å². The number of nitrogens with one attached hydrogen (secondary N) is 1. The highest BCUT2D eigenvalue weighted by Crippen LogP contribution is 2.20. The zero-order valence-electron chi connectivity index (χ0n) is 13.4. The predicted octanol–water partition coefficient (Wildman–Crippen LogP) is 5.03. The zero-order chi connectivity index (χ0) is 18.6. The third-order valence-electron chi connectivity index (χ3n) is 3.45. The maximum atomic E-state index is 12.9. The third kappa shape index (κ3) is 4.68. The molecule has 3 aromatic carbocycles. The Morgan fingerprint density at radius 1 is 0.962 bits per heavy atom. The average Bonchev–Trinajstić information content (AvgIpc) is 2.62. The van der Waals surface area contributed by atoms with E-state index in [1.54, 1.807) is 30.5 Å². The average molecular weight is 389 g/mol. The highest BCUT2D eigenvalue weighted by molar-refractivity contribution is 7.92. The van der Waals surface area contributed by atoms with Crippen molar-refractivity contribution < 1.29 is 12.8 Å². The van der Waals surface area contributed by atoms with Gasteiger partial charge in [-0.25, -0.2) is 12.8 Å². The van der Waals surface area contributed by atoms with E-state index in [1.807, 2.05) is 12.1 Å². The summed E-state index contributed by atoms with van der Waals surface area (Å²) in [4.78, 5) is 4.38. The Balaban J connectivity index is 1.75. The molecule has 3 aromatic rings. The normalized spacial score (nSPS) is 11.6. The fourth-order valence-corrected chi connectivity index (χ4v) is 3.44. The van der Waals surface area contributed by atoms with E-state index in [0.717, 1.165) is 5.56 Å². The lowest BCUT2D eigenvalue weighted by Crippen LogP contribution is -2.12. The predicted molar refractivity (Wildman–Crippen MR) is 102 cm³/mol. The lowest BCUT2D eigenvalue weighted by atomic mass is 10.2. The number of hydrogen-bond donors (Lipinski definition) is 1. The van der Waals surface area contributed by atoms with Crippen molar-refractivity contribution in [3.05, 3.63) is 89.2 Å². The molecule has 7 heteroatoms. The number of hydrogen-bond acceptors (Lipinski definition) is 3. The summed E-state index contributed by atoms with van der Waals surface area (Å²) in [5.74, 6) is -0.435. The molecule has 0 saturated heterocycles. The topological polar surface area (TPSA) is 58.5 Å². The molecule has 0 aromatic heterocycles. The smallest absolute Gasteiger partial charge is 0.261 e. The Morgan fingerprint density at radius 3 is 2.31 bits per heavy atom. The minimum absolute atomic E-state index is 0.0866. The van der Waals surface area contributed by atoms with Crippen LogP contribution in [0.15, 0.2) is 82.7 Å². The van der Waals surface area contributed by atoms with Gasteiger partial charge in [-0.3, -0.25) is 9.71 Å². The van der Waals surface area contributed by atoms with Crippen molar-refractivity contribution in [1.82, 2.24) is 0 Å². The van der Waals surface area contributed by atoms with Gasteiger partial charge in [-0.2, -0.15) is 0 Å². The molecule has 0 saturated carbocycles. The quantitative estimate of drug-likeness (QED) is 0.623. The summed E-state index contributed by atoms with van der Waals surface area (Å²) >= 11 is 5.92. The van der Waals surface area contributed by atoms with Crippen LogP contribution in [0.4, 0.5) is 15.8 Å². The SMILES string of the molecule is O=S(=O)(Nc1ccc(F)cc1)c1ccc(N=Cc2cccc(Cl)c2)cc1. The minimum Gasteiger partial charge on any atom is -0.280 e. The molecule has 1 N–H and O–H groups in total. The van der Waals surface area contributed by atoms with E-state index >= 15 is 0 Å². The Morgan fingerprint density at radius 2 is 1.65 bits per heavy atom. The Hall–Kier alpha value is -2.70. The summed E-state index contributed by atoms with van der Waals surface area (Å²) in [6.45, 7) is 0. The van der Waals surface area contributed by atoms with E-state index in [-0.39, 0.29) is 10.6 Å². The molecule has 0 aliphatic rings. The van der Waals surface area contributed by atoms with Gasteiger partial charge in [0.1, 0.15) is 5.82 Å². The van der Waals surface area contributed by atoms with Crippen LogP contribution in [0.1, 0.15) is 5.56 Å². The van der Waals surface area contributed by atoms with Crippen LogP contribution in [-0.2, 0) is 10.0 Å². The van der Waals surface area contributed by atoms with Crippen LogP contribution in [0.2, 0.25) is 5.02 Å². The zero-order valence-corrected chi connectivity index (χ0v) is 15.0. The van der Waals surface area contributed by atoms with Crippen molar-refractivity contribution in [1.29, 1.82) is 0 Å². The van der Waals surface area contributed by atoms with Gasteiger partial charge in [-0.15, -0.1) is 0 Å². The van der Waals surface area contributed by atoms with Crippen LogP contribution in [0.3, 0.4) is 0 Å². The van der Waals surface area contributed by atoms with Crippen molar-refractivity contribution in [2.75, 3.05) is 4.72 Å². The molecule has 0 radical (unpaired) electrons. The van der Waals surface area contributed by atoms with Crippen molar-refractivity contribution in [3.63, 3.8) is 0 Å². The first-order valence-corrected chi connectivity index (χ1v) is 9.47. The fourth-order valence-electron chi connectivity index (χ4n) is 2.18. The molecule has 0 bridgehead atoms. The number of benzene rings is 3. The second kappa shape index (κ2) is 7.68. The Labute approximate surface area is 156 Å². The van der Waals surface area contributed by atoms with Crippen LogP contribution >= 0.6 is 11.6 Å². The van der Waals surface area contributed by atoms with Gasteiger partial charge in [0, 0.05) is 16.9 Å². The van der Waals surface area contributed by atoms with Crippen molar-refractivity contribution in [2.45, 2.75) is 4.90 Å². The first-order chi connectivity index (χ1) is 12.4. The van der Waals surface area contributed by atoms with Gasteiger partial charge in [0.25, 0.3) is 10.0 Å². The second-order valence-electron chi connectivity index (χ2n) is 5.42. The minimum atomic E-state index is -3.76. The van der Waals surface area contributed by atoms with Crippen molar-refractivity contribution >= 4 is 39.2 Å². The molecule has 0 amide bonds. The molecule has 0 spiro atoms. The maximum absolute atomic E-state index is 12.9. The van der Waals surface area contributed by atoms with E-state index in [4.69, 9.17) is 11.6 Å². The molecular weight excluding hydrogens is 375 g/mol. The first kappa shape index (κ1) is 18.1. The van der Waals surface area contributed by atoms with Gasteiger partial charge in [-0.05, 0) is 66.2 Å². The molecular formula is C19H14ClFN2O2S. The first-order valence-electron chi connectivity index (χ1n) is 7.60. The van der Waals surface area contributed by atoms with Gasteiger partial charge in [0.05, 0.1) is 10.6 Å². The lowest BCUT2D eigenvalue weighted by molar-refractivity contribution is 0.601. The van der Waals surface area contributed by atoms with Gasteiger partial charge in [0.2, 0.25) is 0 Å². The molecule has 0 aliphatic heterocycles.